The van der Waals surface area contributed by atoms with Crippen molar-refractivity contribution in [3.8, 4) is 5.75 Å². The Balaban J connectivity index is 1.57. The van der Waals surface area contributed by atoms with E-state index in [0.717, 1.165) is 24.0 Å². The van der Waals surface area contributed by atoms with Crippen LogP contribution in [0.15, 0.2) is 18.2 Å². The van der Waals surface area contributed by atoms with Gasteiger partial charge in [0.1, 0.15) is 5.75 Å². The zero-order valence-electron chi connectivity index (χ0n) is 12.1. The highest BCUT2D eigenvalue weighted by Gasteiger charge is 2.28. The van der Waals surface area contributed by atoms with E-state index in [2.05, 4.69) is 30.4 Å². The van der Waals surface area contributed by atoms with Gasteiger partial charge >= 0.3 is 0 Å². The summed E-state index contributed by atoms with van der Waals surface area (Å²) in [7, 11) is 1.75. The molecule has 2 atom stereocenters. The summed E-state index contributed by atoms with van der Waals surface area (Å²) in [5.74, 6) is 2.85. The van der Waals surface area contributed by atoms with E-state index in [1.807, 2.05) is 0 Å². The molecular formula is C17H25NO. The van der Waals surface area contributed by atoms with E-state index < -0.39 is 0 Å². The summed E-state index contributed by atoms with van der Waals surface area (Å²) in [5, 5.41) is 3.78. The van der Waals surface area contributed by atoms with Crippen LogP contribution in [0.4, 0.5) is 0 Å². The predicted molar refractivity (Wildman–Crippen MR) is 78.7 cm³/mol. The first-order valence-corrected chi connectivity index (χ1v) is 7.65. The minimum atomic E-state index is 0.654. The molecule has 0 spiro atoms. The Labute approximate surface area is 116 Å². The molecule has 0 aromatic heterocycles. The van der Waals surface area contributed by atoms with Crippen LogP contribution in [0.3, 0.4) is 0 Å². The monoisotopic (exact) mass is 259 g/mol. The van der Waals surface area contributed by atoms with Crippen LogP contribution < -0.4 is 10.1 Å². The van der Waals surface area contributed by atoms with Gasteiger partial charge in [0.05, 0.1) is 7.11 Å². The van der Waals surface area contributed by atoms with Crippen molar-refractivity contribution < 1.29 is 4.74 Å². The van der Waals surface area contributed by atoms with Gasteiger partial charge < -0.3 is 10.1 Å². The summed E-state index contributed by atoms with van der Waals surface area (Å²) >= 11 is 0. The highest BCUT2D eigenvalue weighted by atomic mass is 16.5. The third-order valence-corrected chi connectivity index (χ3v) is 4.80. The number of fused-ring (bicyclic) bond motifs is 1. The molecule has 1 aromatic carbocycles. The summed E-state index contributed by atoms with van der Waals surface area (Å²) < 4.78 is 5.33. The van der Waals surface area contributed by atoms with Gasteiger partial charge in [-0.1, -0.05) is 13.0 Å². The first-order chi connectivity index (χ1) is 9.26. The maximum absolute atomic E-state index is 5.33. The Kier molecular flexibility index (Phi) is 3.79. The molecule has 0 aliphatic heterocycles. The lowest BCUT2D eigenvalue weighted by Crippen LogP contribution is -2.37. The lowest BCUT2D eigenvalue weighted by Gasteiger charge is -2.27. The fraction of sp³-hybridized carbons (Fsp3) is 0.647. The van der Waals surface area contributed by atoms with Gasteiger partial charge in [-0.25, -0.2) is 0 Å². The number of nitrogens with one attached hydrogen (secondary N) is 1. The Morgan fingerprint density at radius 1 is 1.26 bits per heavy atom. The van der Waals surface area contributed by atoms with E-state index in [9.17, 15) is 0 Å². The molecule has 1 aromatic rings. The lowest BCUT2D eigenvalue weighted by atomic mass is 9.88. The van der Waals surface area contributed by atoms with Crippen molar-refractivity contribution in [3.63, 3.8) is 0 Å². The largest absolute Gasteiger partial charge is 0.497 e. The van der Waals surface area contributed by atoms with Crippen LogP contribution in [0.2, 0.25) is 0 Å². The molecule has 1 N–H and O–H groups in total. The molecular weight excluding hydrogens is 234 g/mol. The Morgan fingerprint density at radius 2 is 2.11 bits per heavy atom. The molecule has 2 unspecified atom stereocenters. The van der Waals surface area contributed by atoms with Crippen LogP contribution in [0.5, 0.6) is 5.75 Å². The summed E-state index contributed by atoms with van der Waals surface area (Å²) in [4.78, 5) is 0. The van der Waals surface area contributed by atoms with Crippen LogP contribution in [-0.4, -0.2) is 19.7 Å². The fourth-order valence-electron chi connectivity index (χ4n) is 3.22. The second-order valence-electron chi connectivity index (χ2n) is 6.30. The number of hydrogen-bond acceptors (Lipinski definition) is 2. The molecule has 0 amide bonds. The maximum atomic E-state index is 5.33. The number of rotatable bonds is 5. The van der Waals surface area contributed by atoms with Crippen molar-refractivity contribution >= 4 is 0 Å². The molecule has 2 aliphatic carbocycles. The molecule has 104 valence electrons. The third kappa shape index (κ3) is 3.11. The van der Waals surface area contributed by atoms with E-state index in [1.165, 1.54) is 43.4 Å². The van der Waals surface area contributed by atoms with Crippen LogP contribution in [0.25, 0.3) is 0 Å². The summed E-state index contributed by atoms with van der Waals surface area (Å²) in [6, 6.07) is 7.19. The molecule has 2 aliphatic rings. The summed E-state index contributed by atoms with van der Waals surface area (Å²) in [6.07, 6.45) is 6.54. The molecule has 2 heteroatoms. The van der Waals surface area contributed by atoms with Gasteiger partial charge in [-0.2, -0.15) is 0 Å². The van der Waals surface area contributed by atoms with Crippen molar-refractivity contribution in [1.29, 1.82) is 0 Å². The fourth-order valence-corrected chi connectivity index (χ4v) is 3.22. The van der Waals surface area contributed by atoms with Gasteiger partial charge in [-0.15, -0.1) is 0 Å². The van der Waals surface area contributed by atoms with Gasteiger partial charge in [0.25, 0.3) is 0 Å². The molecule has 3 rings (SSSR count). The van der Waals surface area contributed by atoms with Gasteiger partial charge in [0, 0.05) is 6.04 Å². The first-order valence-electron chi connectivity index (χ1n) is 7.65. The molecule has 0 bridgehead atoms. The highest BCUT2D eigenvalue weighted by molar-refractivity contribution is 5.37. The van der Waals surface area contributed by atoms with Crippen molar-refractivity contribution in [2.75, 3.05) is 13.7 Å². The second-order valence-corrected chi connectivity index (χ2v) is 6.30. The predicted octanol–water partition coefficient (Wildman–Crippen LogP) is 3.19. The molecule has 0 heterocycles. The van der Waals surface area contributed by atoms with Crippen molar-refractivity contribution in [2.45, 2.75) is 45.1 Å². The molecule has 2 nitrogen and oxygen atoms in total. The summed E-state index contributed by atoms with van der Waals surface area (Å²) in [6.45, 7) is 3.58. The lowest BCUT2D eigenvalue weighted by molar-refractivity contribution is 0.387. The number of aryl methyl sites for hydroxylation is 1. The van der Waals surface area contributed by atoms with Crippen LogP contribution in [0.1, 0.15) is 37.3 Å². The van der Waals surface area contributed by atoms with Gasteiger partial charge in [0.15, 0.2) is 0 Å². The third-order valence-electron chi connectivity index (χ3n) is 4.80. The average Bonchev–Trinajstić information content (AvgIpc) is 3.28. The van der Waals surface area contributed by atoms with Crippen LogP contribution >= 0.6 is 0 Å². The van der Waals surface area contributed by atoms with Gasteiger partial charge in [-0.05, 0) is 73.7 Å². The molecule has 19 heavy (non-hydrogen) atoms. The second kappa shape index (κ2) is 5.54. The molecule has 1 saturated carbocycles. The maximum Gasteiger partial charge on any atom is 0.119 e. The Hall–Kier alpha value is -1.02. The highest BCUT2D eigenvalue weighted by Crippen LogP contribution is 2.36. The van der Waals surface area contributed by atoms with Gasteiger partial charge in [0.2, 0.25) is 0 Å². The van der Waals surface area contributed by atoms with Crippen molar-refractivity contribution in [2.24, 2.45) is 11.8 Å². The quantitative estimate of drug-likeness (QED) is 0.877. The van der Waals surface area contributed by atoms with E-state index in [-0.39, 0.29) is 0 Å². The minimum absolute atomic E-state index is 0.654. The number of hydrogen-bond donors (Lipinski definition) is 1. The Bertz CT molecular complexity index is 439. The zero-order chi connectivity index (χ0) is 13.2. The molecule has 0 radical (unpaired) electrons. The van der Waals surface area contributed by atoms with Crippen molar-refractivity contribution in [3.05, 3.63) is 29.3 Å². The number of ether oxygens (including phenoxy) is 1. The summed E-state index contributed by atoms with van der Waals surface area (Å²) in [5.41, 5.74) is 2.98. The van der Waals surface area contributed by atoms with Crippen molar-refractivity contribution in [1.82, 2.24) is 5.32 Å². The average molecular weight is 259 g/mol. The molecule has 1 fully saturated rings. The first kappa shape index (κ1) is 13.0. The molecule has 0 saturated heterocycles. The van der Waals surface area contributed by atoms with Crippen LogP contribution in [-0.2, 0) is 12.8 Å². The SMILES string of the molecule is COc1ccc2c(c1)CC(NCC(C)C1CC1)CC2. The topological polar surface area (TPSA) is 21.3 Å². The number of methoxy groups -OCH3 is 1. The number of benzene rings is 1. The normalized spacial score (nSPS) is 23.8. The van der Waals surface area contributed by atoms with E-state index in [1.54, 1.807) is 7.11 Å². The standard InChI is InChI=1S/C17H25NO/c1-12(13-3-4-13)11-18-16-7-5-14-6-8-17(19-2)10-15(14)9-16/h6,8,10,12-13,16,18H,3-5,7,9,11H2,1-2H3. The smallest absolute Gasteiger partial charge is 0.119 e. The Morgan fingerprint density at radius 3 is 2.84 bits per heavy atom. The zero-order valence-corrected chi connectivity index (χ0v) is 12.1. The minimum Gasteiger partial charge on any atom is -0.497 e. The van der Waals surface area contributed by atoms with E-state index in [0.29, 0.717) is 6.04 Å². The van der Waals surface area contributed by atoms with Crippen LogP contribution in [0, 0.1) is 11.8 Å². The van der Waals surface area contributed by atoms with E-state index >= 15 is 0 Å². The van der Waals surface area contributed by atoms with E-state index in [4.69, 9.17) is 4.74 Å². The van der Waals surface area contributed by atoms with Gasteiger partial charge in [-0.3, -0.25) is 0 Å².